The number of rotatable bonds is 7. The smallest absolute Gasteiger partial charge is 0.243 e. The minimum atomic E-state index is -3.85. The molecule has 1 amide bonds. The van der Waals surface area contributed by atoms with E-state index < -0.39 is 15.9 Å². The van der Waals surface area contributed by atoms with Gasteiger partial charge in [-0.1, -0.05) is 70.0 Å². The van der Waals surface area contributed by atoms with Crippen LogP contribution in [0.3, 0.4) is 0 Å². The summed E-state index contributed by atoms with van der Waals surface area (Å²) in [6.07, 6.45) is 0. The van der Waals surface area contributed by atoms with Crippen molar-refractivity contribution in [2.45, 2.75) is 18.4 Å². The number of halogens is 1. The maximum Gasteiger partial charge on any atom is 0.243 e. The third-order valence-corrected chi connectivity index (χ3v) is 6.59. The zero-order valence-corrected chi connectivity index (χ0v) is 18.3. The molecule has 0 radical (unpaired) electrons. The van der Waals surface area contributed by atoms with E-state index in [0.717, 1.165) is 15.6 Å². The highest BCUT2D eigenvalue weighted by Crippen LogP contribution is 2.20. The fraction of sp³-hybridized carbons (Fsp3) is 0.136. The number of anilines is 1. The molecule has 0 heterocycles. The van der Waals surface area contributed by atoms with Crippen molar-refractivity contribution >= 4 is 37.5 Å². The Bertz CT molecular complexity index is 1080. The molecule has 0 spiro atoms. The molecule has 0 saturated heterocycles. The predicted octanol–water partition coefficient (Wildman–Crippen LogP) is 4.59. The molecule has 7 heteroatoms. The summed E-state index contributed by atoms with van der Waals surface area (Å²) in [5.74, 6) is -0.408. The van der Waals surface area contributed by atoms with Gasteiger partial charge < -0.3 is 5.32 Å². The Morgan fingerprint density at radius 1 is 0.966 bits per heavy atom. The molecule has 5 nitrogen and oxygen atoms in total. The molecule has 0 aliphatic carbocycles. The van der Waals surface area contributed by atoms with Gasteiger partial charge in [0.1, 0.15) is 0 Å². The second-order valence-corrected chi connectivity index (χ2v) is 9.48. The highest BCUT2D eigenvalue weighted by Gasteiger charge is 2.27. The van der Waals surface area contributed by atoms with Crippen LogP contribution in [0.5, 0.6) is 0 Å². The Hall–Kier alpha value is -2.48. The van der Waals surface area contributed by atoms with Gasteiger partial charge in [0, 0.05) is 16.7 Å². The Kier molecular flexibility index (Phi) is 6.84. The summed E-state index contributed by atoms with van der Waals surface area (Å²) < 4.78 is 28.5. The Labute approximate surface area is 179 Å². The van der Waals surface area contributed by atoms with Crippen LogP contribution in [0.2, 0.25) is 0 Å². The molecule has 0 unspecified atom stereocenters. The number of sulfonamides is 1. The lowest BCUT2D eigenvalue weighted by Gasteiger charge is -2.22. The van der Waals surface area contributed by atoms with Gasteiger partial charge in [0.2, 0.25) is 15.9 Å². The molecule has 0 atom stereocenters. The monoisotopic (exact) mass is 472 g/mol. The average Bonchev–Trinajstić information content (AvgIpc) is 2.68. The first-order valence-corrected chi connectivity index (χ1v) is 11.2. The fourth-order valence-corrected chi connectivity index (χ4v) is 4.58. The van der Waals surface area contributed by atoms with Gasteiger partial charge in [-0.15, -0.1) is 0 Å². The first-order chi connectivity index (χ1) is 13.8. The van der Waals surface area contributed by atoms with Crippen molar-refractivity contribution in [3.8, 4) is 0 Å². The largest absolute Gasteiger partial charge is 0.325 e. The summed E-state index contributed by atoms with van der Waals surface area (Å²) in [6, 6.07) is 23.0. The van der Waals surface area contributed by atoms with Gasteiger partial charge >= 0.3 is 0 Å². The van der Waals surface area contributed by atoms with Crippen LogP contribution in [0, 0.1) is 6.92 Å². The molecule has 150 valence electrons. The maximum absolute atomic E-state index is 13.2. The van der Waals surface area contributed by atoms with Gasteiger partial charge in [-0.2, -0.15) is 4.31 Å². The predicted molar refractivity (Wildman–Crippen MR) is 118 cm³/mol. The molecule has 3 aromatic carbocycles. The van der Waals surface area contributed by atoms with E-state index >= 15 is 0 Å². The summed E-state index contributed by atoms with van der Waals surface area (Å²) in [5, 5.41) is 2.76. The van der Waals surface area contributed by atoms with Gasteiger partial charge in [0.25, 0.3) is 0 Å². The number of benzene rings is 3. The van der Waals surface area contributed by atoms with Crippen molar-refractivity contribution in [1.82, 2.24) is 4.31 Å². The number of carbonyl (C=O) groups is 1. The highest BCUT2D eigenvalue weighted by molar-refractivity contribution is 9.10. The van der Waals surface area contributed by atoms with Crippen molar-refractivity contribution < 1.29 is 13.2 Å². The maximum atomic E-state index is 13.2. The number of hydrogen-bond donors (Lipinski definition) is 1. The third-order valence-electron chi connectivity index (χ3n) is 4.29. The number of carbonyl (C=O) groups excluding carboxylic acids is 1. The zero-order valence-electron chi connectivity index (χ0n) is 15.9. The normalized spacial score (nSPS) is 11.4. The SMILES string of the molecule is Cc1ccc(S(=O)(=O)N(CC(=O)Nc2cccc(Br)c2)Cc2ccccc2)cc1. The Morgan fingerprint density at radius 3 is 2.31 bits per heavy atom. The van der Waals surface area contributed by atoms with E-state index in [2.05, 4.69) is 21.2 Å². The van der Waals surface area contributed by atoms with Crippen molar-refractivity contribution in [1.29, 1.82) is 0 Å². The van der Waals surface area contributed by atoms with Crippen LogP contribution in [0.15, 0.2) is 88.2 Å². The van der Waals surface area contributed by atoms with Crippen LogP contribution >= 0.6 is 15.9 Å². The number of hydrogen-bond acceptors (Lipinski definition) is 3. The molecule has 0 bridgehead atoms. The van der Waals surface area contributed by atoms with E-state index in [4.69, 9.17) is 0 Å². The molecule has 3 rings (SSSR count). The lowest BCUT2D eigenvalue weighted by Crippen LogP contribution is -2.37. The molecule has 0 aromatic heterocycles. The van der Waals surface area contributed by atoms with Crippen LogP contribution in [0.4, 0.5) is 5.69 Å². The van der Waals surface area contributed by atoms with Crippen LogP contribution in [0.1, 0.15) is 11.1 Å². The molecular formula is C22H21BrN2O3S. The first kappa shape index (κ1) is 21.2. The number of amides is 1. The fourth-order valence-electron chi connectivity index (χ4n) is 2.80. The van der Waals surface area contributed by atoms with E-state index in [9.17, 15) is 13.2 Å². The molecule has 3 aromatic rings. The van der Waals surface area contributed by atoms with Crippen LogP contribution in [-0.4, -0.2) is 25.2 Å². The lowest BCUT2D eigenvalue weighted by molar-refractivity contribution is -0.116. The molecule has 29 heavy (non-hydrogen) atoms. The van der Waals surface area contributed by atoms with E-state index in [1.807, 2.05) is 43.3 Å². The van der Waals surface area contributed by atoms with Crippen molar-refractivity contribution in [3.05, 3.63) is 94.5 Å². The van der Waals surface area contributed by atoms with Crippen molar-refractivity contribution in [2.75, 3.05) is 11.9 Å². The summed E-state index contributed by atoms with van der Waals surface area (Å²) in [4.78, 5) is 12.8. The molecule has 0 aliphatic heterocycles. The summed E-state index contributed by atoms with van der Waals surface area (Å²) in [7, 11) is -3.85. The quantitative estimate of drug-likeness (QED) is 0.546. The Balaban J connectivity index is 1.86. The number of nitrogens with one attached hydrogen (secondary N) is 1. The second-order valence-electron chi connectivity index (χ2n) is 6.63. The van der Waals surface area contributed by atoms with E-state index in [0.29, 0.717) is 5.69 Å². The van der Waals surface area contributed by atoms with Gasteiger partial charge in [-0.25, -0.2) is 8.42 Å². The van der Waals surface area contributed by atoms with E-state index in [-0.39, 0.29) is 18.0 Å². The first-order valence-electron chi connectivity index (χ1n) is 9.01. The molecule has 0 aliphatic rings. The number of nitrogens with zero attached hydrogens (tertiary/aromatic N) is 1. The van der Waals surface area contributed by atoms with Gasteiger partial charge in [0.15, 0.2) is 0 Å². The van der Waals surface area contributed by atoms with Gasteiger partial charge in [-0.05, 0) is 42.8 Å². The second kappa shape index (κ2) is 9.35. The molecule has 1 N–H and O–H groups in total. The summed E-state index contributed by atoms with van der Waals surface area (Å²) >= 11 is 3.36. The van der Waals surface area contributed by atoms with Crippen molar-refractivity contribution in [2.24, 2.45) is 0 Å². The van der Waals surface area contributed by atoms with Crippen molar-refractivity contribution in [3.63, 3.8) is 0 Å². The zero-order chi connectivity index (χ0) is 20.9. The van der Waals surface area contributed by atoms with Crippen LogP contribution in [0.25, 0.3) is 0 Å². The van der Waals surface area contributed by atoms with Crippen LogP contribution in [-0.2, 0) is 21.4 Å². The van der Waals surface area contributed by atoms with Gasteiger partial charge in [-0.3, -0.25) is 4.79 Å². The van der Waals surface area contributed by atoms with E-state index in [1.165, 1.54) is 4.31 Å². The number of aryl methyl sites for hydroxylation is 1. The highest BCUT2D eigenvalue weighted by atomic mass is 79.9. The van der Waals surface area contributed by atoms with Gasteiger partial charge in [0.05, 0.1) is 11.4 Å². The standard InChI is InChI=1S/C22H21BrN2O3S/c1-17-10-12-21(13-11-17)29(27,28)25(15-18-6-3-2-4-7-18)16-22(26)24-20-9-5-8-19(23)14-20/h2-14H,15-16H2,1H3,(H,24,26). The molecule has 0 saturated carbocycles. The summed E-state index contributed by atoms with van der Waals surface area (Å²) in [5.41, 5.74) is 2.36. The Morgan fingerprint density at radius 2 is 1.66 bits per heavy atom. The minimum Gasteiger partial charge on any atom is -0.325 e. The van der Waals surface area contributed by atoms with E-state index in [1.54, 1.807) is 42.5 Å². The third kappa shape index (κ3) is 5.76. The lowest BCUT2D eigenvalue weighted by atomic mass is 10.2. The topological polar surface area (TPSA) is 66.5 Å². The molecule has 0 fully saturated rings. The average molecular weight is 473 g/mol. The molecular weight excluding hydrogens is 452 g/mol. The minimum absolute atomic E-state index is 0.100. The van der Waals surface area contributed by atoms with Crippen LogP contribution < -0.4 is 5.32 Å². The summed E-state index contributed by atoms with van der Waals surface area (Å²) in [6.45, 7) is 1.70.